The van der Waals surface area contributed by atoms with Crippen molar-refractivity contribution in [2.24, 2.45) is 5.92 Å². The van der Waals surface area contributed by atoms with Crippen molar-refractivity contribution in [2.75, 3.05) is 26.2 Å². The van der Waals surface area contributed by atoms with Crippen LogP contribution in [-0.4, -0.2) is 42.6 Å². The molecule has 1 fully saturated rings. The van der Waals surface area contributed by atoms with E-state index in [2.05, 4.69) is 43.4 Å². The van der Waals surface area contributed by atoms with E-state index in [-0.39, 0.29) is 17.4 Å². The van der Waals surface area contributed by atoms with Gasteiger partial charge in [0, 0.05) is 37.1 Å². The van der Waals surface area contributed by atoms with Crippen LogP contribution in [0.15, 0.2) is 35.9 Å². The summed E-state index contributed by atoms with van der Waals surface area (Å²) in [7, 11) is 0. The Balaban J connectivity index is 0.00000176. The van der Waals surface area contributed by atoms with Crippen LogP contribution in [0.4, 0.5) is 0 Å². The molecule has 178 valence electrons. The Labute approximate surface area is 196 Å². The van der Waals surface area contributed by atoms with E-state index < -0.39 is 0 Å². The zero-order valence-corrected chi connectivity index (χ0v) is 21.4. The van der Waals surface area contributed by atoms with Crippen molar-refractivity contribution in [3.8, 4) is 5.75 Å². The number of nitrogens with zero attached hydrogens (tertiary/aromatic N) is 1. The minimum absolute atomic E-state index is 0.169. The van der Waals surface area contributed by atoms with E-state index in [1.165, 1.54) is 16.7 Å². The molecule has 2 aliphatic heterocycles. The second-order valence-corrected chi connectivity index (χ2v) is 8.56. The lowest BCUT2D eigenvalue weighted by atomic mass is 9.78. The number of piperidine rings is 1. The van der Waals surface area contributed by atoms with Crippen molar-refractivity contribution < 1.29 is 9.53 Å². The van der Waals surface area contributed by atoms with Crippen LogP contribution in [0, 0.1) is 5.92 Å². The molecule has 0 aromatic heterocycles. The van der Waals surface area contributed by atoms with Gasteiger partial charge in [0.25, 0.3) is 0 Å². The minimum Gasteiger partial charge on any atom is -0.482 e. The molecule has 1 amide bonds. The number of hydrogen-bond acceptors (Lipinski definition) is 3. The number of hydrogen-bond donors (Lipinski definition) is 1. The number of carbonyl (C=O) groups is 1. The Bertz CT molecular complexity index is 815. The number of fused-ring (bicyclic) bond motifs is 1. The minimum atomic E-state index is -0.229. The second kappa shape index (κ2) is 12.2. The molecule has 0 aliphatic carbocycles. The number of allylic oxidation sites excluding steroid dienone is 2. The average Bonchev–Trinajstić information content (AvgIpc) is 2.83. The van der Waals surface area contributed by atoms with Crippen LogP contribution in [-0.2, 0) is 11.2 Å². The first-order valence-electron chi connectivity index (χ1n) is 12.7. The molecular weight excluding hydrogens is 396 g/mol. The maximum atomic E-state index is 13.0. The average molecular weight is 441 g/mol. The van der Waals surface area contributed by atoms with E-state index >= 15 is 0 Å². The number of nitrogens with one attached hydrogen (secondary N) is 1. The summed E-state index contributed by atoms with van der Waals surface area (Å²) in [6.45, 7) is 18.0. The van der Waals surface area contributed by atoms with Gasteiger partial charge in [0.2, 0.25) is 5.91 Å². The standard InChI is InChI=1S/C26H38N2O2.C2H6/c1-6-20-11-10-12-23-24(20)22(18-26(30-23)13-15-27-16-14-26)19(5)17-21(7-2)25(29)28(8-3)9-4;1-2/h7,10-12,18-19,27H,6,8-9,13-17H2,1-5H3;1-2H3/b21-7+;. The predicted octanol–water partition coefficient (Wildman–Crippen LogP) is 6.01. The van der Waals surface area contributed by atoms with Gasteiger partial charge in [0.05, 0.1) is 0 Å². The topological polar surface area (TPSA) is 41.6 Å². The molecule has 1 aromatic carbocycles. The van der Waals surface area contributed by atoms with Gasteiger partial charge in [-0.2, -0.15) is 0 Å². The first kappa shape index (κ1) is 26.2. The fraction of sp³-hybridized carbons (Fsp3) is 0.607. The normalized spacial score (nSPS) is 18.0. The quantitative estimate of drug-likeness (QED) is 0.528. The van der Waals surface area contributed by atoms with Crippen LogP contribution >= 0.6 is 0 Å². The lowest BCUT2D eigenvalue weighted by Gasteiger charge is -2.41. The van der Waals surface area contributed by atoms with Crippen molar-refractivity contribution in [3.05, 3.63) is 47.1 Å². The van der Waals surface area contributed by atoms with Crippen molar-refractivity contribution >= 4 is 11.5 Å². The van der Waals surface area contributed by atoms with E-state index in [0.717, 1.165) is 63.2 Å². The molecule has 1 unspecified atom stereocenters. The number of rotatable bonds is 7. The molecule has 3 rings (SSSR count). The third kappa shape index (κ3) is 5.64. The molecule has 0 radical (unpaired) electrons. The highest BCUT2D eigenvalue weighted by atomic mass is 16.5. The number of likely N-dealkylation sites (N-methyl/N-ethyl adjacent to an activating group) is 1. The molecule has 2 heterocycles. The monoisotopic (exact) mass is 440 g/mol. The van der Waals surface area contributed by atoms with Gasteiger partial charge in [-0.3, -0.25) is 4.79 Å². The van der Waals surface area contributed by atoms with Crippen molar-refractivity contribution in [2.45, 2.75) is 79.8 Å². The Hall–Kier alpha value is -2.07. The third-order valence-corrected chi connectivity index (χ3v) is 6.69. The summed E-state index contributed by atoms with van der Waals surface area (Å²) in [6.07, 6.45) is 8.09. The molecule has 1 atom stereocenters. The molecule has 4 nitrogen and oxygen atoms in total. The summed E-state index contributed by atoms with van der Waals surface area (Å²) < 4.78 is 6.63. The molecule has 1 N–H and O–H groups in total. The summed E-state index contributed by atoms with van der Waals surface area (Å²) in [6, 6.07) is 6.44. The smallest absolute Gasteiger partial charge is 0.249 e. The maximum Gasteiger partial charge on any atom is 0.249 e. The van der Waals surface area contributed by atoms with Gasteiger partial charge in [0.1, 0.15) is 11.4 Å². The highest BCUT2D eigenvalue weighted by Gasteiger charge is 2.38. The fourth-order valence-electron chi connectivity index (χ4n) is 4.86. The molecule has 1 saturated heterocycles. The van der Waals surface area contributed by atoms with Gasteiger partial charge in [-0.15, -0.1) is 0 Å². The molecule has 0 bridgehead atoms. The Morgan fingerprint density at radius 1 is 1.19 bits per heavy atom. The predicted molar refractivity (Wildman–Crippen MR) is 136 cm³/mol. The first-order chi connectivity index (χ1) is 15.5. The van der Waals surface area contributed by atoms with Crippen molar-refractivity contribution in [1.82, 2.24) is 10.2 Å². The van der Waals surface area contributed by atoms with Gasteiger partial charge >= 0.3 is 0 Å². The summed E-state index contributed by atoms with van der Waals surface area (Å²) in [5.74, 6) is 1.43. The fourth-order valence-corrected chi connectivity index (χ4v) is 4.86. The third-order valence-electron chi connectivity index (χ3n) is 6.69. The van der Waals surface area contributed by atoms with Gasteiger partial charge < -0.3 is 15.0 Å². The molecule has 0 saturated carbocycles. The molecule has 32 heavy (non-hydrogen) atoms. The van der Waals surface area contributed by atoms with E-state index in [1.807, 2.05) is 45.6 Å². The van der Waals surface area contributed by atoms with E-state index in [9.17, 15) is 4.79 Å². The Morgan fingerprint density at radius 3 is 2.41 bits per heavy atom. The van der Waals surface area contributed by atoms with E-state index in [4.69, 9.17) is 4.74 Å². The lowest BCUT2D eigenvalue weighted by Crippen LogP contribution is -2.46. The van der Waals surface area contributed by atoms with Gasteiger partial charge in [-0.1, -0.05) is 45.9 Å². The highest BCUT2D eigenvalue weighted by molar-refractivity contribution is 5.94. The maximum absolute atomic E-state index is 13.0. The molecule has 1 aromatic rings. The number of aryl methyl sites for hydroxylation is 1. The largest absolute Gasteiger partial charge is 0.482 e. The van der Waals surface area contributed by atoms with Crippen molar-refractivity contribution in [1.29, 1.82) is 0 Å². The second-order valence-electron chi connectivity index (χ2n) is 8.56. The highest BCUT2D eigenvalue weighted by Crippen LogP contribution is 2.45. The summed E-state index contributed by atoms with van der Waals surface area (Å²) in [4.78, 5) is 14.9. The van der Waals surface area contributed by atoms with Gasteiger partial charge in [0.15, 0.2) is 0 Å². The summed E-state index contributed by atoms with van der Waals surface area (Å²) >= 11 is 0. The zero-order chi connectivity index (χ0) is 23.7. The van der Waals surface area contributed by atoms with Gasteiger partial charge in [-0.05, 0) is 75.9 Å². The van der Waals surface area contributed by atoms with E-state index in [1.54, 1.807) is 0 Å². The number of ether oxygens (including phenoxy) is 1. The van der Waals surface area contributed by atoms with Crippen LogP contribution in [0.2, 0.25) is 0 Å². The molecule has 4 heteroatoms. The van der Waals surface area contributed by atoms with Crippen LogP contribution in [0.1, 0.15) is 78.9 Å². The van der Waals surface area contributed by atoms with E-state index in [0.29, 0.717) is 0 Å². The van der Waals surface area contributed by atoms with Crippen LogP contribution in [0.5, 0.6) is 5.75 Å². The van der Waals surface area contributed by atoms with Gasteiger partial charge in [-0.25, -0.2) is 0 Å². The lowest BCUT2D eigenvalue weighted by molar-refractivity contribution is -0.127. The van der Waals surface area contributed by atoms with Crippen molar-refractivity contribution in [3.63, 3.8) is 0 Å². The number of amides is 1. The Morgan fingerprint density at radius 2 is 1.84 bits per heavy atom. The van der Waals surface area contributed by atoms with Crippen LogP contribution < -0.4 is 10.1 Å². The molecule has 1 spiro atoms. The zero-order valence-electron chi connectivity index (χ0n) is 21.4. The van der Waals surface area contributed by atoms with Crippen LogP contribution in [0.3, 0.4) is 0 Å². The van der Waals surface area contributed by atoms with Crippen LogP contribution in [0.25, 0.3) is 5.57 Å². The number of benzene rings is 1. The summed E-state index contributed by atoms with van der Waals surface area (Å²) in [5.41, 5.74) is 4.61. The Kier molecular flexibility index (Phi) is 10.0. The molecule has 2 aliphatic rings. The molecular formula is C28H44N2O2. The SMILES string of the molecule is C/C=C(\CC(C)C1=CC2(CCNCC2)Oc2cccc(CC)c21)C(=O)N(CC)CC.CC. The summed E-state index contributed by atoms with van der Waals surface area (Å²) in [5, 5.41) is 3.46. The number of carbonyl (C=O) groups excluding carboxylic acids is 1. The first-order valence-corrected chi connectivity index (χ1v) is 12.7.